The van der Waals surface area contributed by atoms with Gasteiger partial charge in [0.15, 0.2) is 6.10 Å². The summed E-state index contributed by atoms with van der Waals surface area (Å²) in [4.78, 5) is 34.1. The van der Waals surface area contributed by atoms with Gasteiger partial charge in [-0.15, -0.1) is 0 Å². The van der Waals surface area contributed by atoms with Crippen LogP contribution in [0.25, 0.3) is 0 Å². The highest BCUT2D eigenvalue weighted by atomic mass is 31.2. The van der Waals surface area contributed by atoms with E-state index in [2.05, 4.69) is 54.8 Å². The number of carbonyl (C=O) groups is 2. The van der Waals surface area contributed by atoms with Gasteiger partial charge in [-0.2, -0.15) is 0 Å². The van der Waals surface area contributed by atoms with Crippen LogP contribution in [0.3, 0.4) is 0 Å². The number of phosphoric acid groups is 1. The third-order valence-corrected chi connectivity index (χ3v) is 8.02. The number of unbranched alkanes of at least 4 members (excludes halogenated alkanes) is 14. The van der Waals surface area contributed by atoms with E-state index in [1.807, 2.05) is 0 Å². The van der Waals surface area contributed by atoms with E-state index < -0.39 is 26.5 Å². The maximum atomic E-state index is 12.4. The molecule has 0 aliphatic carbocycles. The standard InChI is InChI=1S/C35H63O8P/c1-4-6-8-10-12-14-16-17-18-19-20-22-24-26-28-30-35(37)43-33(32-42-44(38,39)40-3)31-41-34(36)29-27-25-23-21-15-13-11-9-7-5-2/h9,11-12,14,17-18,33H,4-8,10,13,15-16,19-32H2,1-3H3,(H,38,39)/b11-9-,14-12-,18-17-. The van der Waals surface area contributed by atoms with Gasteiger partial charge in [0.2, 0.25) is 0 Å². The van der Waals surface area contributed by atoms with Gasteiger partial charge in [0, 0.05) is 20.0 Å². The second-order valence-electron chi connectivity index (χ2n) is 11.3. The number of carbonyl (C=O) groups excluding carboxylic acids is 2. The summed E-state index contributed by atoms with van der Waals surface area (Å²) in [5.41, 5.74) is 0. The van der Waals surface area contributed by atoms with Crippen LogP contribution in [0.1, 0.15) is 149 Å². The van der Waals surface area contributed by atoms with Gasteiger partial charge in [0.05, 0.1) is 6.61 Å². The largest absolute Gasteiger partial charge is 0.472 e. The van der Waals surface area contributed by atoms with Gasteiger partial charge in [-0.1, -0.05) is 108 Å². The zero-order valence-electron chi connectivity index (χ0n) is 28.1. The lowest BCUT2D eigenvalue weighted by Gasteiger charge is -2.19. The summed E-state index contributed by atoms with van der Waals surface area (Å²) in [5, 5.41) is 0. The van der Waals surface area contributed by atoms with Gasteiger partial charge in [0.25, 0.3) is 0 Å². The van der Waals surface area contributed by atoms with E-state index in [0.29, 0.717) is 6.42 Å². The SMILES string of the molecule is CCC/C=C\CCCCCCCC(=O)OCC(COP(=O)(O)OC)OC(=O)CCCCCCC/C=C\C/C=C\CCCCC. The van der Waals surface area contributed by atoms with Crippen LogP contribution in [0.5, 0.6) is 0 Å². The lowest BCUT2D eigenvalue weighted by atomic mass is 10.1. The molecule has 0 aromatic rings. The molecule has 0 heterocycles. The Balaban J connectivity index is 4.15. The normalized spacial score (nSPS) is 14.0. The maximum Gasteiger partial charge on any atom is 0.472 e. The van der Waals surface area contributed by atoms with Crippen LogP contribution in [0.2, 0.25) is 0 Å². The molecule has 0 fully saturated rings. The molecule has 0 amide bonds. The van der Waals surface area contributed by atoms with Crippen molar-refractivity contribution in [1.82, 2.24) is 0 Å². The number of ether oxygens (including phenoxy) is 2. The predicted octanol–water partition coefficient (Wildman–Crippen LogP) is 10.1. The molecule has 0 bridgehead atoms. The van der Waals surface area contributed by atoms with Crippen LogP contribution in [0.4, 0.5) is 0 Å². The highest BCUT2D eigenvalue weighted by Crippen LogP contribution is 2.42. The topological polar surface area (TPSA) is 108 Å². The van der Waals surface area contributed by atoms with E-state index in [0.717, 1.165) is 90.6 Å². The predicted molar refractivity (Wildman–Crippen MR) is 179 cm³/mol. The Morgan fingerprint density at radius 1 is 0.636 bits per heavy atom. The van der Waals surface area contributed by atoms with Gasteiger partial charge in [0.1, 0.15) is 6.61 Å². The van der Waals surface area contributed by atoms with E-state index in [-0.39, 0.29) is 25.4 Å². The minimum absolute atomic E-state index is 0.227. The summed E-state index contributed by atoms with van der Waals surface area (Å²) in [5.74, 6) is -0.837. The molecule has 2 unspecified atom stereocenters. The first-order chi connectivity index (χ1) is 21.3. The highest BCUT2D eigenvalue weighted by molar-refractivity contribution is 7.47. The molecule has 0 rings (SSSR count). The van der Waals surface area contributed by atoms with Crippen LogP contribution < -0.4 is 0 Å². The van der Waals surface area contributed by atoms with Crippen molar-refractivity contribution >= 4 is 19.8 Å². The number of esters is 2. The molecule has 9 heteroatoms. The van der Waals surface area contributed by atoms with E-state index >= 15 is 0 Å². The molecule has 0 aliphatic rings. The van der Waals surface area contributed by atoms with Gasteiger partial charge < -0.3 is 14.4 Å². The molecule has 8 nitrogen and oxygen atoms in total. The van der Waals surface area contributed by atoms with Crippen LogP contribution in [0.15, 0.2) is 36.5 Å². The summed E-state index contributed by atoms with van der Waals surface area (Å²) >= 11 is 0. The van der Waals surface area contributed by atoms with Crippen molar-refractivity contribution in [2.45, 2.75) is 155 Å². The van der Waals surface area contributed by atoms with E-state index in [1.54, 1.807) is 0 Å². The van der Waals surface area contributed by atoms with Crippen molar-refractivity contribution in [1.29, 1.82) is 0 Å². The fraction of sp³-hybridized carbons (Fsp3) is 0.771. The molecule has 0 saturated carbocycles. The Labute approximate surface area is 268 Å². The fourth-order valence-corrected chi connectivity index (χ4v) is 4.85. The molecular weight excluding hydrogens is 579 g/mol. The summed E-state index contributed by atoms with van der Waals surface area (Å²) in [7, 11) is -3.20. The smallest absolute Gasteiger partial charge is 0.462 e. The van der Waals surface area contributed by atoms with Crippen LogP contribution in [-0.4, -0.2) is 43.3 Å². The molecule has 256 valence electrons. The molecule has 44 heavy (non-hydrogen) atoms. The Kier molecular flexibility index (Phi) is 30.0. The molecule has 2 atom stereocenters. The van der Waals surface area contributed by atoms with Crippen molar-refractivity contribution in [3.05, 3.63) is 36.5 Å². The summed E-state index contributed by atoms with van der Waals surface area (Å²) < 4.78 is 31.7. The maximum absolute atomic E-state index is 12.4. The molecule has 0 saturated heterocycles. The zero-order chi connectivity index (χ0) is 32.6. The third kappa shape index (κ3) is 30.3. The highest BCUT2D eigenvalue weighted by Gasteiger charge is 2.24. The third-order valence-electron chi connectivity index (χ3n) is 7.09. The number of hydrogen-bond acceptors (Lipinski definition) is 7. The molecule has 0 aromatic carbocycles. The average Bonchev–Trinajstić information content (AvgIpc) is 3.01. The summed E-state index contributed by atoms with van der Waals surface area (Å²) in [6.45, 7) is 3.75. The van der Waals surface area contributed by atoms with Gasteiger partial charge in [-0.05, 0) is 64.2 Å². The van der Waals surface area contributed by atoms with Gasteiger partial charge in [-0.3, -0.25) is 18.6 Å². The quantitative estimate of drug-likeness (QED) is 0.0344. The molecule has 0 spiro atoms. The fourth-order valence-electron chi connectivity index (χ4n) is 4.39. The second-order valence-corrected chi connectivity index (χ2v) is 12.8. The van der Waals surface area contributed by atoms with Crippen LogP contribution in [-0.2, 0) is 32.7 Å². The van der Waals surface area contributed by atoms with Crippen LogP contribution >= 0.6 is 7.82 Å². The number of hydrogen-bond donors (Lipinski definition) is 1. The summed E-state index contributed by atoms with van der Waals surface area (Å²) in [6, 6.07) is 0. The Morgan fingerprint density at radius 3 is 1.70 bits per heavy atom. The Bertz CT molecular complexity index is 824. The van der Waals surface area contributed by atoms with Gasteiger partial charge >= 0.3 is 19.8 Å². The van der Waals surface area contributed by atoms with Gasteiger partial charge in [-0.25, -0.2) is 4.57 Å². The molecule has 1 N–H and O–H groups in total. The van der Waals surface area contributed by atoms with E-state index in [4.69, 9.17) is 14.0 Å². The van der Waals surface area contributed by atoms with Crippen LogP contribution in [0, 0.1) is 0 Å². The lowest BCUT2D eigenvalue weighted by molar-refractivity contribution is -0.161. The Hall–Kier alpha value is -1.73. The lowest BCUT2D eigenvalue weighted by Crippen LogP contribution is -2.29. The first-order valence-electron chi connectivity index (χ1n) is 17.2. The first-order valence-corrected chi connectivity index (χ1v) is 18.7. The minimum Gasteiger partial charge on any atom is -0.462 e. The summed E-state index contributed by atoms with van der Waals surface area (Å²) in [6.07, 6.45) is 33.4. The minimum atomic E-state index is -4.26. The number of rotatable bonds is 31. The van der Waals surface area contributed by atoms with Crippen molar-refractivity contribution in [3.63, 3.8) is 0 Å². The Morgan fingerprint density at radius 2 is 1.14 bits per heavy atom. The average molecular weight is 643 g/mol. The van der Waals surface area contributed by atoms with E-state index in [1.165, 1.54) is 32.1 Å². The molecular formula is C35H63O8P. The van der Waals surface area contributed by atoms with Crippen molar-refractivity contribution in [2.75, 3.05) is 20.3 Å². The molecule has 0 aromatic heterocycles. The molecule has 0 aliphatic heterocycles. The molecule has 0 radical (unpaired) electrons. The van der Waals surface area contributed by atoms with E-state index in [9.17, 15) is 19.0 Å². The van der Waals surface area contributed by atoms with Crippen molar-refractivity contribution in [3.8, 4) is 0 Å². The van der Waals surface area contributed by atoms with Crippen molar-refractivity contribution in [2.24, 2.45) is 0 Å². The first kappa shape index (κ1) is 42.3. The number of allylic oxidation sites excluding steroid dienone is 6. The number of phosphoric ester groups is 1. The van der Waals surface area contributed by atoms with Crippen molar-refractivity contribution < 1.29 is 37.6 Å². The zero-order valence-corrected chi connectivity index (χ0v) is 29.0. The monoisotopic (exact) mass is 642 g/mol. The second kappa shape index (κ2) is 31.3.